The molecule has 0 bridgehead atoms. The molecule has 8 nitrogen and oxygen atoms in total. The van der Waals surface area contributed by atoms with Crippen molar-refractivity contribution < 1.29 is 4.79 Å². The summed E-state index contributed by atoms with van der Waals surface area (Å²) >= 11 is 1.39. The maximum Gasteiger partial charge on any atom is 0.264 e. The molecule has 0 radical (unpaired) electrons. The number of hydrogen-bond donors (Lipinski definition) is 1. The monoisotopic (exact) mass is 455 g/mol. The standard InChI is InChI=1S/C24H21N7OS/c1-15-20-22(28-12-17-11-25-9-10-26-17)29-14-30-23(20)33-21(15)24(32)31(2)13-16-5-3-7-19-18(16)6-4-8-27-19/h3-11,14H,12-13H2,1-2H3,(H,28,29,30). The zero-order valence-corrected chi connectivity index (χ0v) is 19.0. The third kappa shape index (κ3) is 4.10. The highest BCUT2D eigenvalue weighted by atomic mass is 32.1. The molecule has 1 amide bonds. The molecule has 0 aliphatic carbocycles. The van der Waals surface area contributed by atoms with Crippen LogP contribution in [0.4, 0.5) is 5.82 Å². The van der Waals surface area contributed by atoms with E-state index in [1.165, 1.54) is 17.7 Å². The lowest BCUT2D eigenvalue weighted by molar-refractivity contribution is 0.0790. The highest BCUT2D eigenvalue weighted by Crippen LogP contribution is 2.34. The first kappa shape index (κ1) is 20.9. The van der Waals surface area contributed by atoms with Gasteiger partial charge in [-0.25, -0.2) is 9.97 Å². The first-order valence-corrected chi connectivity index (χ1v) is 11.2. The molecule has 1 N–H and O–H groups in total. The molecular weight excluding hydrogens is 434 g/mol. The highest BCUT2D eigenvalue weighted by Gasteiger charge is 2.22. The number of fused-ring (bicyclic) bond motifs is 2. The van der Waals surface area contributed by atoms with Crippen LogP contribution in [0.1, 0.15) is 26.5 Å². The summed E-state index contributed by atoms with van der Waals surface area (Å²) in [4.78, 5) is 38.2. The maximum atomic E-state index is 13.4. The average molecular weight is 456 g/mol. The number of anilines is 1. The summed E-state index contributed by atoms with van der Waals surface area (Å²) < 4.78 is 0. The summed E-state index contributed by atoms with van der Waals surface area (Å²) in [7, 11) is 1.82. The second-order valence-corrected chi connectivity index (χ2v) is 8.66. The van der Waals surface area contributed by atoms with Crippen molar-refractivity contribution in [1.82, 2.24) is 29.8 Å². The van der Waals surface area contributed by atoms with E-state index in [1.807, 2.05) is 44.3 Å². The number of hydrogen-bond acceptors (Lipinski definition) is 8. The van der Waals surface area contributed by atoms with Crippen LogP contribution in [0, 0.1) is 6.92 Å². The summed E-state index contributed by atoms with van der Waals surface area (Å²) in [5, 5.41) is 5.22. The molecule has 33 heavy (non-hydrogen) atoms. The molecule has 0 aliphatic heterocycles. The van der Waals surface area contributed by atoms with E-state index in [0.717, 1.165) is 37.9 Å². The van der Waals surface area contributed by atoms with Crippen molar-refractivity contribution in [3.63, 3.8) is 0 Å². The second kappa shape index (κ2) is 8.87. The van der Waals surface area contributed by atoms with E-state index in [4.69, 9.17) is 0 Å². The van der Waals surface area contributed by atoms with Gasteiger partial charge in [0, 0.05) is 37.6 Å². The quantitative estimate of drug-likeness (QED) is 0.409. The van der Waals surface area contributed by atoms with Crippen molar-refractivity contribution in [1.29, 1.82) is 0 Å². The van der Waals surface area contributed by atoms with Gasteiger partial charge in [0.05, 0.1) is 34.2 Å². The fourth-order valence-electron chi connectivity index (χ4n) is 3.81. The van der Waals surface area contributed by atoms with Crippen molar-refractivity contribution in [3.05, 3.63) is 83.1 Å². The molecule has 0 fully saturated rings. The molecule has 0 unspecified atom stereocenters. The normalized spacial score (nSPS) is 11.1. The van der Waals surface area contributed by atoms with Gasteiger partial charge >= 0.3 is 0 Å². The third-order valence-electron chi connectivity index (χ3n) is 5.46. The minimum atomic E-state index is -0.0451. The molecule has 0 atom stereocenters. The Labute approximate surface area is 194 Å². The van der Waals surface area contributed by atoms with Crippen molar-refractivity contribution in [2.45, 2.75) is 20.0 Å². The van der Waals surface area contributed by atoms with E-state index in [9.17, 15) is 4.79 Å². The molecular formula is C24H21N7OS. The third-order valence-corrected chi connectivity index (χ3v) is 6.65. The fraction of sp³-hybridized carbons (Fsp3) is 0.167. The summed E-state index contributed by atoms with van der Waals surface area (Å²) in [6, 6.07) is 9.93. The van der Waals surface area contributed by atoms with Crippen LogP contribution in [0.25, 0.3) is 21.1 Å². The van der Waals surface area contributed by atoms with E-state index in [0.29, 0.717) is 23.8 Å². The van der Waals surface area contributed by atoms with Gasteiger partial charge in [0.25, 0.3) is 5.91 Å². The molecule has 1 aromatic carbocycles. The lowest BCUT2D eigenvalue weighted by atomic mass is 10.1. The molecule has 0 spiro atoms. The largest absolute Gasteiger partial charge is 0.364 e. The van der Waals surface area contributed by atoms with Gasteiger partial charge in [0.2, 0.25) is 0 Å². The number of nitrogens with zero attached hydrogens (tertiary/aromatic N) is 6. The Kier molecular flexibility index (Phi) is 5.62. The number of pyridine rings is 1. The van der Waals surface area contributed by atoms with Crippen molar-refractivity contribution >= 4 is 44.2 Å². The zero-order valence-electron chi connectivity index (χ0n) is 18.2. The van der Waals surface area contributed by atoms with Gasteiger partial charge in [-0.1, -0.05) is 18.2 Å². The van der Waals surface area contributed by atoms with Gasteiger partial charge < -0.3 is 10.2 Å². The van der Waals surface area contributed by atoms with E-state index in [1.54, 1.807) is 29.7 Å². The Morgan fingerprint density at radius 2 is 1.97 bits per heavy atom. The van der Waals surface area contributed by atoms with Crippen LogP contribution in [0.2, 0.25) is 0 Å². The van der Waals surface area contributed by atoms with Crippen molar-refractivity contribution in [2.24, 2.45) is 0 Å². The molecule has 0 saturated heterocycles. The number of aryl methyl sites for hydroxylation is 1. The lowest BCUT2D eigenvalue weighted by Gasteiger charge is -2.18. The predicted molar refractivity (Wildman–Crippen MR) is 129 cm³/mol. The highest BCUT2D eigenvalue weighted by molar-refractivity contribution is 7.20. The fourth-order valence-corrected chi connectivity index (χ4v) is 4.95. The molecule has 5 rings (SSSR count). The van der Waals surface area contributed by atoms with Crippen LogP contribution in [0.5, 0.6) is 0 Å². The van der Waals surface area contributed by atoms with Crippen LogP contribution in [0.15, 0.2) is 61.4 Å². The Morgan fingerprint density at radius 3 is 2.82 bits per heavy atom. The smallest absolute Gasteiger partial charge is 0.264 e. The Morgan fingerprint density at radius 1 is 1.06 bits per heavy atom. The number of carbonyl (C=O) groups is 1. The summed E-state index contributed by atoms with van der Waals surface area (Å²) in [5.74, 6) is 0.637. The molecule has 164 valence electrons. The van der Waals surface area contributed by atoms with Gasteiger partial charge in [0.1, 0.15) is 17.0 Å². The number of aromatic nitrogens is 5. The van der Waals surface area contributed by atoms with Crippen molar-refractivity contribution in [3.8, 4) is 0 Å². The number of amides is 1. The van der Waals surface area contributed by atoms with Gasteiger partial charge in [0.15, 0.2) is 0 Å². The summed E-state index contributed by atoms with van der Waals surface area (Å²) in [5.41, 5.74) is 3.65. The van der Waals surface area contributed by atoms with Crippen LogP contribution in [0.3, 0.4) is 0 Å². The number of nitrogens with one attached hydrogen (secondary N) is 1. The summed E-state index contributed by atoms with van der Waals surface area (Å²) in [6.07, 6.45) is 8.29. The summed E-state index contributed by atoms with van der Waals surface area (Å²) in [6.45, 7) is 2.91. The Balaban J connectivity index is 1.42. The van der Waals surface area contributed by atoms with E-state index >= 15 is 0 Å². The Hall–Kier alpha value is -3.98. The topological polar surface area (TPSA) is 96.8 Å². The van der Waals surface area contributed by atoms with Crippen LogP contribution in [-0.2, 0) is 13.1 Å². The number of benzene rings is 1. The van der Waals surface area contributed by atoms with Crippen molar-refractivity contribution in [2.75, 3.05) is 12.4 Å². The first-order chi connectivity index (χ1) is 16.1. The second-order valence-electron chi connectivity index (χ2n) is 7.66. The Bertz CT molecular complexity index is 1450. The van der Waals surface area contributed by atoms with Crippen LogP contribution < -0.4 is 5.32 Å². The molecule has 0 aliphatic rings. The first-order valence-electron chi connectivity index (χ1n) is 10.4. The van der Waals surface area contributed by atoms with E-state index in [2.05, 4.69) is 30.2 Å². The van der Waals surface area contributed by atoms with Gasteiger partial charge in [-0.2, -0.15) is 0 Å². The minimum Gasteiger partial charge on any atom is -0.364 e. The van der Waals surface area contributed by atoms with E-state index < -0.39 is 0 Å². The zero-order chi connectivity index (χ0) is 22.8. The molecule has 5 aromatic rings. The lowest BCUT2D eigenvalue weighted by Crippen LogP contribution is -2.26. The van der Waals surface area contributed by atoms with Crippen LogP contribution >= 0.6 is 11.3 Å². The number of carbonyl (C=O) groups excluding carboxylic acids is 1. The van der Waals surface area contributed by atoms with Gasteiger partial charge in [-0.15, -0.1) is 11.3 Å². The minimum absolute atomic E-state index is 0.0451. The van der Waals surface area contributed by atoms with Gasteiger partial charge in [-0.3, -0.25) is 19.7 Å². The predicted octanol–water partition coefficient (Wildman–Crippen LogP) is 4.22. The average Bonchev–Trinajstić information content (AvgIpc) is 3.20. The molecule has 9 heteroatoms. The van der Waals surface area contributed by atoms with E-state index in [-0.39, 0.29) is 5.91 Å². The molecule has 4 heterocycles. The van der Waals surface area contributed by atoms with Crippen LogP contribution in [-0.4, -0.2) is 42.8 Å². The number of rotatable bonds is 6. The maximum absolute atomic E-state index is 13.4. The SMILES string of the molecule is Cc1c(C(=O)N(C)Cc2cccc3ncccc23)sc2ncnc(NCc3cnccn3)c12. The molecule has 4 aromatic heterocycles. The number of thiophene rings is 1. The van der Waals surface area contributed by atoms with Gasteiger partial charge in [-0.05, 0) is 30.2 Å². The molecule has 0 saturated carbocycles.